The summed E-state index contributed by atoms with van der Waals surface area (Å²) in [5.41, 5.74) is 6.56. The maximum Gasteiger partial charge on any atom is 0.302 e. The number of rotatable bonds is 2. The first kappa shape index (κ1) is 20.1. The lowest BCUT2D eigenvalue weighted by Gasteiger charge is -2.57. The van der Waals surface area contributed by atoms with Gasteiger partial charge in [-0.15, -0.1) is 0 Å². The van der Waals surface area contributed by atoms with Crippen LogP contribution in [-0.4, -0.2) is 12.1 Å². The fraction of sp³-hybridized carbons (Fsp3) is 0.607. The molecule has 1 aromatic carbocycles. The summed E-state index contributed by atoms with van der Waals surface area (Å²) in [4.78, 5) is 11.5. The van der Waals surface area contributed by atoms with Gasteiger partial charge in [0, 0.05) is 13.3 Å². The molecule has 0 N–H and O–H groups in total. The zero-order valence-electron chi connectivity index (χ0n) is 19.0. The lowest BCUT2D eigenvalue weighted by atomic mass is 9.47. The predicted molar refractivity (Wildman–Crippen MR) is 122 cm³/mol. The first-order valence-corrected chi connectivity index (χ1v) is 12.0. The molecule has 0 amide bonds. The van der Waals surface area contributed by atoms with E-state index in [1.165, 1.54) is 43.2 Å². The molecule has 0 saturated heterocycles. The van der Waals surface area contributed by atoms with Crippen LogP contribution in [0.3, 0.4) is 0 Å². The lowest BCUT2D eigenvalue weighted by Crippen LogP contribution is -2.50. The molecule has 1 unspecified atom stereocenters. The third kappa shape index (κ3) is 3.01. The number of esters is 1. The van der Waals surface area contributed by atoms with Crippen molar-refractivity contribution in [1.29, 1.82) is 0 Å². The zero-order chi connectivity index (χ0) is 21.1. The average molecular weight is 405 g/mol. The van der Waals surface area contributed by atoms with Crippen molar-refractivity contribution in [2.24, 2.45) is 28.6 Å². The molecule has 2 heteroatoms. The van der Waals surface area contributed by atoms with E-state index in [1.54, 1.807) is 18.1 Å². The summed E-state index contributed by atoms with van der Waals surface area (Å²) >= 11 is 0. The summed E-state index contributed by atoms with van der Waals surface area (Å²) in [6, 6.07) is 9.18. The van der Waals surface area contributed by atoms with E-state index in [4.69, 9.17) is 4.74 Å². The second-order valence-corrected chi connectivity index (χ2v) is 10.9. The van der Waals surface area contributed by atoms with Crippen LogP contribution in [-0.2, 0) is 9.53 Å². The maximum absolute atomic E-state index is 11.5. The Hall–Kier alpha value is -1.83. The van der Waals surface area contributed by atoms with Crippen LogP contribution in [0.25, 0.3) is 5.57 Å². The molecule has 2 saturated carbocycles. The fourth-order valence-corrected chi connectivity index (χ4v) is 7.71. The monoisotopic (exact) mass is 404 g/mol. The summed E-state index contributed by atoms with van der Waals surface area (Å²) in [7, 11) is 0. The second kappa shape index (κ2) is 7.11. The highest BCUT2D eigenvalue weighted by Gasteiger charge is 2.56. The Morgan fingerprint density at radius 2 is 1.70 bits per heavy atom. The highest BCUT2D eigenvalue weighted by Crippen LogP contribution is 2.66. The van der Waals surface area contributed by atoms with Crippen LogP contribution >= 0.6 is 0 Å². The summed E-state index contributed by atoms with van der Waals surface area (Å²) in [6.45, 7) is 8.78. The van der Waals surface area contributed by atoms with Crippen molar-refractivity contribution < 1.29 is 9.53 Å². The van der Waals surface area contributed by atoms with Gasteiger partial charge in [-0.3, -0.25) is 4.79 Å². The molecular formula is C28H36O2. The maximum atomic E-state index is 11.5. The second-order valence-electron chi connectivity index (χ2n) is 10.9. The molecule has 0 aliphatic heterocycles. The summed E-state index contributed by atoms with van der Waals surface area (Å²) in [6.07, 6.45) is 13.4. The molecule has 6 atom stereocenters. The van der Waals surface area contributed by atoms with E-state index in [-0.39, 0.29) is 12.1 Å². The molecule has 0 bridgehead atoms. The summed E-state index contributed by atoms with van der Waals surface area (Å²) < 4.78 is 5.59. The van der Waals surface area contributed by atoms with Crippen molar-refractivity contribution in [2.75, 3.05) is 0 Å². The van der Waals surface area contributed by atoms with Gasteiger partial charge in [0.2, 0.25) is 0 Å². The molecule has 5 rings (SSSR count). The highest BCUT2D eigenvalue weighted by molar-refractivity contribution is 5.73. The minimum atomic E-state index is -0.132. The van der Waals surface area contributed by atoms with Crippen LogP contribution in [0.4, 0.5) is 0 Å². The van der Waals surface area contributed by atoms with Crippen molar-refractivity contribution in [3.63, 3.8) is 0 Å². The van der Waals surface area contributed by atoms with E-state index < -0.39 is 0 Å². The molecule has 2 fully saturated rings. The minimum absolute atomic E-state index is 0.0912. The van der Waals surface area contributed by atoms with Crippen LogP contribution in [0, 0.1) is 35.5 Å². The fourth-order valence-electron chi connectivity index (χ4n) is 7.71. The van der Waals surface area contributed by atoms with E-state index in [0.29, 0.717) is 10.8 Å². The highest BCUT2D eigenvalue weighted by atomic mass is 16.5. The third-order valence-corrected chi connectivity index (χ3v) is 9.33. The number of benzene rings is 1. The van der Waals surface area contributed by atoms with Gasteiger partial charge < -0.3 is 4.74 Å². The van der Waals surface area contributed by atoms with Gasteiger partial charge in [-0.1, -0.05) is 61.4 Å². The van der Waals surface area contributed by atoms with E-state index >= 15 is 0 Å². The van der Waals surface area contributed by atoms with E-state index in [9.17, 15) is 4.79 Å². The van der Waals surface area contributed by atoms with Gasteiger partial charge in [0.1, 0.15) is 6.10 Å². The van der Waals surface area contributed by atoms with Gasteiger partial charge in [-0.2, -0.15) is 0 Å². The molecule has 0 aromatic heterocycles. The van der Waals surface area contributed by atoms with Gasteiger partial charge >= 0.3 is 5.97 Å². The molecular weight excluding hydrogens is 368 g/mol. The smallest absolute Gasteiger partial charge is 0.302 e. The Morgan fingerprint density at radius 1 is 0.967 bits per heavy atom. The normalized spacial score (nSPS) is 39.9. The van der Waals surface area contributed by atoms with Crippen LogP contribution in [0.2, 0.25) is 0 Å². The van der Waals surface area contributed by atoms with Crippen molar-refractivity contribution >= 4 is 11.5 Å². The molecule has 4 aliphatic rings. The molecule has 1 aromatic rings. The SMILES string of the molecule is CC(=O)O[C@H]1CC[C@@]2(C)C(=CCC3[C@@H]2CC[C@]2(C)C(c4ccc(C)cc4)=CC[C@@H]32)C1. The molecule has 160 valence electrons. The van der Waals surface area contributed by atoms with Crippen molar-refractivity contribution in [2.45, 2.75) is 78.7 Å². The Bertz CT molecular complexity index is 907. The topological polar surface area (TPSA) is 26.3 Å². The van der Waals surface area contributed by atoms with Crippen LogP contribution < -0.4 is 0 Å². The van der Waals surface area contributed by atoms with E-state index in [0.717, 1.165) is 30.6 Å². The van der Waals surface area contributed by atoms with Crippen LogP contribution in [0.15, 0.2) is 42.0 Å². The lowest BCUT2D eigenvalue weighted by molar-refractivity contribution is -0.148. The molecule has 4 aliphatic carbocycles. The predicted octanol–water partition coefficient (Wildman–Crippen LogP) is 6.88. The number of hydrogen-bond acceptors (Lipinski definition) is 2. The third-order valence-electron chi connectivity index (χ3n) is 9.33. The van der Waals surface area contributed by atoms with E-state index in [2.05, 4.69) is 57.2 Å². The van der Waals surface area contributed by atoms with Crippen molar-refractivity contribution in [1.82, 2.24) is 0 Å². The summed E-state index contributed by atoms with van der Waals surface area (Å²) in [5, 5.41) is 0. The Kier molecular flexibility index (Phi) is 4.76. The molecule has 0 radical (unpaired) electrons. The summed E-state index contributed by atoms with van der Waals surface area (Å²) in [5.74, 6) is 2.18. The molecule has 0 heterocycles. The van der Waals surface area contributed by atoms with Gasteiger partial charge in [-0.05, 0) is 85.2 Å². The number of allylic oxidation sites excluding steroid dienone is 3. The number of carbonyl (C=O) groups excluding carboxylic acids is 1. The Balaban J connectivity index is 1.40. The Morgan fingerprint density at radius 3 is 2.43 bits per heavy atom. The van der Waals surface area contributed by atoms with Crippen LogP contribution in [0.5, 0.6) is 0 Å². The van der Waals surface area contributed by atoms with E-state index in [1.807, 2.05) is 0 Å². The van der Waals surface area contributed by atoms with Crippen molar-refractivity contribution in [3.05, 3.63) is 53.1 Å². The van der Waals surface area contributed by atoms with Gasteiger partial charge in [0.05, 0.1) is 0 Å². The molecule has 2 nitrogen and oxygen atoms in total. The number of aryl methyl sites for hydroxylation is 1. The number of ether oxygens (including phenoxy) is 1. The largest absolute Gasteiger partial charge is 0.462 e. The quantitative estimate of drug-likeness (QED) is 0.396. The Labute approximate surface area is 181 Å². The minimum Gasteiger partial charge on any atom is -0.462 e. The first-order valence-electron chi connectivity index (χ1n) is 12.0. The number of hydrogen-bond donors (Lipinski definition) is 0. The van der Waals surface area contributed by atoms with Gasteiger partial charge in [0.25, 0.3) is 0 Å². The average Bonchev–Trinajstić information content (AvgIpc) is 3.06. The standard InChI is InChI=1S/C28H36O2/c1-18-5-7-20(8-6-18)24-11-12-25-23-10-9-21-17-22(30-19(2)29)13-15-27(21,3)26(23)14-16-28(24,25)4/h5-9,11,22-23,25-26H,10,12-17H2,1-4H3/t22-,23?,25-,26-,27-,28+/m0/s1. The first-order chi connectivity index (χ1) is 14.3. The van der Waals surface area contributed by atoms with Crippen molar-refractivity contribution in [3.8, 4) is 0 Å². The zero-order valence-corrected chi connectivity index (χ0v) is 19.0. The molecule has 0 spiro atoms. The molecule has 30 heavy (non-hydrogen) atoms. The van der Waals surface area contributed by atoms with Gasteiger partial charge in [-0.25, -0.2) is 0 Å². The van der Waals surface area contributed by atoms with Crippen LogP contribution in [0.1, 0.15) is 76.8 Å². The number of fused-ring (bicyclic) bond motifs is 5. The number of carbonyl (C=O) groups is 1. The van der Waals surface area contributed by atoms with Gasteiger partial charge in [0.15, 0.2) is 0 Å².